The van der Waals surface area contributed by atoms with Gasteiger partial charge in [0.2, 0.25) is 0 Å². The second kappa shape index (κ2) is 4.86. The molecule has 0 amide bonds. The van der Waals surface area contributed by atoms with Gasteiger partial charge in [0.1, 0.15) is 5.75 Å². The second-order valence-electron chi connectivity index (χ2n) is 5.66. The summed E-state index contributed by atoms with van der Waals surface area (Å²) in [5.41, 5.74) is 7.63. The molecule has 0 bridgehead atoms. The fraction of sp³-hybridized carbons (Fsp3) is 0.600. The predicted octanol–water partition coefficient (Wildman–Crippen LogP) is 3.37. The highest BCUT2D eigenvalue weighted by Gasteiger charge is 2.54. The molecule has 0 aliphatic heterocycles. The molecule has 18 heavy (non-hydrogen) atoms. The molecule has 2 nitrogen and oxygen atoms in total. The number of fused-ring (bicyclic) bond motifs is 1. The molecule has 0 saturated heterocycles. The number of benzene rings is 1. The van der Waals surface area contributed by atoms with E-state index in [0.717, 1.165) is 34.4 Å². The minimum Gasteiger partial charge on any atom is -0.496 e. The van der Waals surface area contributed by atoms with Gasteiger partial charge in [0.05, 0.1) is 7.11 Å². The largest absolute Gasteiger partial charge is 0.496 e. The molecule has 2 N–H and O–H groups in total. The van der Waals surface area contributed by atoms with Crippen LogP contribution >= 0.6 is 15.9 Å². The van der Waals surface area contributed by atoms with Crippen molar-refractivity contribution in [2.75, 3.05) is 7.11 Å². The molecular formula is C15H20BrNO. The lowest BCUT2D eigenvalue weighted by Gasteiger charge is -2.16. The zero-order chi connectivity index (χ0) is 12.7. The highest BCUT2D eigenvalue weighted by atomic mass is 79.9. The molecular weight excluding hydrogens is 290 g/mol. The van der Waals surface area contributed by atoms with Gasteiger partial charge in [0.15, 0.2) is 0 Å². The maximum absolute atomic E-state index is 6.40. The van der Waals surface area contributed by atoms with Gasteiger partial charge >= 0.3 is 0 Å². The lowest BCUT2D eigenvalue weighted by molar-refractivity contribution is 0.403. The fourth-order valence-electron chi connectivity index (χ4n) is 3.81. The van der Waals surface area contributed by atoms with Crippen LogP contribution in [0, 0.1) is 17.8 Å². The summed E-state index contributed by atoms with van der Waals surface area (Å²) < 4.78 is 6.52. The number of hydrogen-bond acceptors (Lipinski definition) is 2. The van der Waals surface area contributed by atoms with Crippen LogP contribution in [0.15, 0.2) is 22.7 Å². The quantitative estimate of drug-likeness (QED) is 0.925. The maximum Gasteiger partial charge on any atom is 0.122 e. The first-order valence-corrected chi connectivity index (χ1v) is 7.58. The Balaban J connectivity index is 1.70. The molecule has 2 saturated carbocycles. The molecule has 3 atom stereocenters. The SMILES string of the molecule is COc1ccc(Br)cc1CC(N)C1C2CCCC21. The highest BCUT2D eigenvalue weighted by molar-refractivity contribution is 9.10. The molecule has 0 radical (unpaired) electrons. The molecule has 98 valence electrons. The van der Waals surface area contributed by atoms with Gasteiger partial charge in [0.25, 0.3) is 0 Å². The Kier molecular flexibility index (Phi) is 3.37. The third-order valence-corrected chi connectivity index (χ3v) is 5.16. The first-order chi connectivity index (χ1) is 8.70. The Hall–Kier alpha value is -0.540. The van der Waals surface area contributed by atoms with Gasteiger partial charge in [-0.05, 0) is 60.8 Å². The highest BCUT2D eigenvalue weighted by Crippen LogP contribution is 2.59. The molecule has 1 aromatic carbocycles. The Morgan fingerprint density at radius 2 is 2.11 bits per heavy atom. The molecule has 3 heteroatoms. The van der Waals surface area contributed by atoms with Gasteiger partial charge in [-0.3, -0.25) is 0 Å². The van der Waals surface area contributed by atoms with E-state index in [-0.39, 0.29) is 0 Å². The van der Waals surface area contributed by atoms with Crippen LogP contribution in [0.3, 0.4) is 0 Å². The van der Waals surface area contributed by atoms with Crippen molar-refractivity contribution in [2.24, 2.45) is 23.5 Å². The molecule has 3 rings (SSSR count). The van der Waals surface area contributed by atoms with E-state index >= 15 is 0 Å². The van der Waals surface area contributed by atoms with E-state index in [0.29, 0.717) is 6.04 Å². The number of methoxy groups -OCH3 is 1. The number of rotatable bonds is 4. The van der Waals surface area contributed by atoms with Crippen molar-refractivity contribution in [1.29, 1.82) is 0 Å². The van der Waals surface area contributed by atoms with Crippen molar-refractivity contribution >= 4 is 15.9 Å². The monoisotopic (exact) mass is 309 g/mol. The Labute approximate surface area is 117 Å². The normalized spacial score (nSPS) is 30.9. The molecule has 0 aromatic heterocycles. The van der Waals surface area contributed by atoms with Crippen LogP contribution in [0.5, 0.6) is 5.75 Å². The van der Waals surface area contributed by atoms with Crippen LogP contribution < -0.4 is 10.5 Å². The molecule has 1 aromatic rings. The van der Waals surface area contributed by atoms with E-state index in [1.54, 1.807) is 7.11 Å². The zero-order valence-corrected chi connectivity index (χ0v) is 12.3. The number of halogens is 1. The number of hydrogen-bond donors (Lipinski definition) is 1. The minimum absolute atomic E-state index is 0.295. The molecule has 0 heterocycles. The molecule has 0 spiro atoms. The first-order valence-electron chi connectivity index (χ1n) is 6.78. The number of nitrogens with two attached hydrogens (primary N) is 1. The van der Waals surface area contributed by atoms with Crippen molar-refractivity contribution in [2.45, 2.75) is 31.7 Å². The summed E-state index contributed by atoms with van der Waals surface area (Å²) in [7, 11) is 1.73. The van der Waals surface area contributed by atoms with Crippen molar-refractivity contribution in [3.05, 3.63) is 28.2 Å². The van der Waals surface area contributed by atoms with Gasteiger partial charge in [-0.15, -0.1) is 0 Å². The van der Waals surface area contributed by atoms with Crippen LogP contribution in [-0.4, -0.2) is 13.2 Å². The standard InChI is InChI=1S/C15H20BrNO/c1-18-14-6-5-10(16)7-9(14)8-13(17)15-11-3-2-4-12(11)15/h5-7,11-13,15H,2-4,8,17H2,1H3. The Morgan fingerprint density at radius 3 is 2.78 bits per heavy atom. The predicted molar refractivity (Wildman–Crippen MR) is 76.7 cm³/mol. The summed E-state index contributed by atoms with van der Waals surface area (Å²) in [4.78, 5) is 0. The average molecular weight is 310 g/mol. The van der Waals surface area contributed by atoms with E-state index in [9.17, 15) is 0 Å². The third-order valence-electron chi connectivity index (χ3n) is 4.67. The topological polar surface area (TPSA) is 35.2 Å². The summed E-state index contributed by atoms with van der Waals surface area (Å²) in [6.07, 6.45) is 5.15. The summed E-state index contributed by atoms with van der Waals surface area (Å²) >= 11 is 3.52. The van der Waals surface area contributed by atoms with Crippen LogP contribution in [-0.2, 0) is 6.42 Å². The van der Waals surface area contributed by atoms with Crippen molar-refractivity contribution in [3.63, 3.8) is 0 Å². The minimum atomic E-state index is 0.295. The van der Waals surface area contributed by atoms with E-state index < -0.39 is 0 Å². The summed E-state index contributed by atoms with van der Waals surface area (Å²) in [5, 5.41) is 0. The fourth-order valence-corrected chi connectivity index (χ4v) is 4.22. The third kappa shape index (κ3) is 2.19. The lowest BCUT2D eigenvalue weighted by Crippen LogP contribution is -2.27. The van der Waals surface area contributed by atoms with E-state index in [1.165, 1.54) is 24.8 Å². The average Bonchev–Trinajstić information content (AvgIpc) is 2.84. The van der Waals surface area contributed by atoms with Gasteiger partial charge < -0.3 is 10.5 Å². The Morgan fingerprint density at radius 1 is 1.39 bits per heavy atom. The summed E-state index contributed by atoms with van der Waals surface area (Å²) in [6, 6.07) is 6.46. The van der Waals surface area contributed by atoms with E-state index in [4.69, 9.17) is 10.5 Å². The molecule has 2 fully saturated rings. The number of ether oxygens (including phenoxy) is 1. The van der Waals surface area contributed by atoms with Gasteiger partial charge in [-0.1, -0.05) is 22.4 Å². The van der Waals surface area contributed by atoms with Gasteiger partial charge in [0, 0.05) is 10.5 Å². The van der Waals surface area contributed by atoms with Crippen LogP contribution in [0.1, 0.15) is 24.8 Å². The van der Waals surface area contributed by atoms with Crippen molar-refractivity contribution in [1.82, 2.24) is 0 Å². The summed E-state index contributed by atoms with van der Waals surface area (Å²) in [5.74, 6) is 3.58. The maximum atomic E-state index is 6.40. The van der Waals surface area contributed by atoms with Crippen molar-refractivity contribution in [3.8, 4) is 5.75 Å². The Bertz CT molecular complexity index is 438. The summed E-state index contributed by atoms with van der Waals surface area (Å²) in [6.45, 7) is 0. The molecule has 3 unspecified atom stereocenters. The lowest BCUT2D eigenvalue weighted by atomic mass is 9.97. The van der Waals surface area contributed by atoms with Gasteiger partial charge in [-0.25, -0.2) is 0 Å². The molecule has 2 aliphatic carbocycles. The van der Waals surface area contributed by atoms with Crippen LogP contribution in [0.4, 0.5) is 0 Å². The van der Waals surface area contributed by atoms with Crippen molar-refractivity contribution < 1.29 is 4.74 Å². The first kappa shape index (κ1) is 12.5. The van der Waals surface area contributed by atoms with Crippen LogP contribution in [0.2, 0.25) is 0 Å². The zero-order valence-electron chi connectivity index (χ0n) is 10.7. The van der Waals surface area contributed by atoms with Gasteiger partial charge in [-0.2, -0.15) is 0 Å². The second-order valence-corrected chi connectivity index (χ2v) is 6.58. The van der Waals surface area contributed by atoms with E-state index in [2.05, 4.69) is 22.0 Å². The smallest absolute Gasteiger partial charge is 0.122 e. The van der Waals surface area contributed by atoms with Crippen LogP contribution in [0.25, 0.3) is 0 Å². The molecule has 2 aliphatic rings. The van der Waals surface area contributed by atoms with E-state index in [1.807, 2.05) is 12.1 Å².